The van der Waals surface area contributed by atoms with Crippen LogP contribution in [0.1, 0.15) is 38.5 Å². The summed E-state index contributed by atoms with van der Waals surface area (Å²) in [4.78, 5) is 11.9. The molecule has 0 aromatic rings. The number of hydrogen-bond donors (Lipinski definition) is 2. The molecule has 2 aliphatic rings. The van der Waals surface area contributed by atoms with E-state index in [0.717, 1.165) is 32.1 Å². The van der Waals surface area contributed by atoms with Gasteiger partial charge in [0.15, 0.2) is 0 Å². The Labute approximate surface area is 127 Å². The van der Waals surface area contributed by atoms with Gasteiger partial charge in [-0.15, -0.1) is 12.4 Å². The van der Waals surface area contributed by atoms with E-state index in [1.807, 2.05) is 0 Å². The van der Waals surface area contributed by atoms with E-state index in [1.165, 1.54) is 6.26 Å². The summed E-state index contributed by atoms with van der Waals surface area (Å²) in [5, 5.41) is 2.90. The molecular formula is C13H25ClN2O3S. The Morgan fingerprint density at radius 2 is 2.00 bits per heavy atom. The lowest BCUT2D eigenvalue weighted by molar-refractivity contribution is -0.122. The molecule has 2 saturated carbocycles. The van der Waals surface area contributed by atoms with Gasteiger partial charge in [-0.1, -0.05) is 6.42 Å². The van der Waals surface area contributed by atoms with Crippen LogP contribution in [0.25, 0.3) is 0 Å². The zero-order chi connectivity index (χ0) is 14.1. The molecule has 7 heteroatoms. The highest BCUT2D eigenvalue weighted by Gasteiger charge is 2.45. The Morgan fingerprint density at radius 3 is 2.45 bits per heavy atom. The van der Waals surface area contributed by atoms with E-state index in [1.54, 1.807) is 0 Å². The van der Waals surface area contributed by atoms with Gasteiger partial charge in [-0.2, -0.15) is 0 Å². The molecule has 0 heterocycles. The minimum absolute atomic E-state index is 0. The van der Waals surface area contributed by atoms with Crippen molar-refractivity contribution in [1.82, 2.24) is 5.32 Å². The summed E-state index contributed by atoms with van der Waals surface area (Å²) in [5.74, 6) is 0.496. The predicted octanol–water partition coefficient (Wildman–Crippen LogP) is 0.867. The highest BCUT2D eigenvalue weighted by Crippen LogP contribution is 2.46. The van der Waals surface area contributed by atoms with Crippen molar-refractivity contribution in [2.45, 2.75) is 44.6 Å². The number of hydrogen-bond acceptors (Lipinski definition) is 4. The van der Waals surface area contributed by atoms with E-state index in [4.69, 9.17) is 5.73 Å². The van der Waals surface area contributed by atoms with Crippen molar-refractivity contribution in [3.05, 3.63) is 0 Å². The first-order valence-corrected chi connectivity index (χ1v) is 9.06. The van der Waals surface area contributed by atoms with Crippen LogP contribution < -0.4 is 11.1 Å². The van der Waals surface area contributed by atoms with Crippen molar-refractivity contribution in [1.29, 1.82) is 0 Å². The summed E-state index contributed by atoms with van der Waals surface area (Å²) < 4.78 is 22.6. The van der Waals surface area contributed by atoms with Crippen molar-refractivity contribution >= 4 is 28.2 Å². The van der Waals surface area contributed by atoms with E-state index >= 15 is 0 Å². The molecule has 0 bridgehead atoms. The Kier molecular flexibility index (Phi) is 5.87. The summed E-state index contributed by atoms with van der Waals surface area (Å²) in [6.07, 6.45) is 6.67. The fraction of sp³-hybridized carbons (Fsp3) is 0.923. The van der Waals surface area contributed by atoms with Crippen LogP contribution >= 0.6 is 12.4 Å². The van der Waals surface area contributed by atoms with Crippen LogP contribution in [-0.4, -0.2) is 38.9 Å². The highest BCUT2D eigenvalue weighted by molar-refractivity contribution is 7.90. The van der Waals surface area contributed by atoms with Gasteiger partial charge in [0.05, 0.1) is 5.75 Å². The van der Waals surface area contributed by atoms with Gasteiger partial charge in [0.25, 0.3) is 0 Å². The summed E-state index contributed by atoms with van der Waals surface area (Å²) in [5.41, 5.74) is 5.75. The van der Waals surface area contributed by atoms with Crippen LogP contribution in [0.2, 0.25) is 0 Å². The SMILES string of the molecule is CS(=O)(=O)CC1(CNC(=O)C[C@@H]2CCC[C@H]2N)CC1.Cl. The van der Waals surface area contributed by atoms with Crippen LogP contribution in [0.3, 0.4) is 0 Å². The van der Waals surface area contributed by atoms with E-state index in [9.17, 15) is 13.2 Å². The van der Waals surface area contributed by atoms with E-state index in [-0.39, 0.29) is 35.5 Å². The Morgan fingerprint density at radius 1 is 1.35 bits per heavy atom. The zero-order valence-electron chi connectivity index (χ0n) is 11.9. The van der Waals surface area contributed by atoms with Crippen LogP contribution in [0.15, 0.2) is 0 Å². The molecule has 0 aromatic heterocycles. The van der Waals surface area contributed by atoms with Gasteiger partial charge in [0, 0.05) is 30.7 Å². The van der Waals surface area contributed by atoms with Crippen molar-refractivity contribution in [3.8, 4) is 0 Å². The van der Waals surface area contributed by atoms with Gasteiger partial charge in [0.1, 0.15) is 9.84 Å². The number of halogens is 1. The lowest BCUT2D eigenvalue weighted by Gasteiger charge is -2.18. The number of carbonyl (C=O) groups is 1. The first-order chi connectivity index (χ1) is 8.80. The second-order valence-corrected chi connectivity index (χ2v) is 8.55. The lowest BCUT2D eigenvalue weighted by atomic mass is 9.99. The van der Waals surface area contributed by atoms with E-state index < -0.39 is 9.84 Å². The van der Waals surface area contributed by atoms with Gasteiger partial charge in [-0.3, -0.25) is 4.79 Å². The van der Waals surface area contributed by atoms with Crippen molar-refractivity contribution in [2.75, 3.05) is 18.6 Å². The van der Waals surface area contributed by atoms with Crippen LogP contribution in [0.5, 0.6) is 0 Å². The number of nitrogens with one attached hydrogen (secondary N) is 1. The molecular weight excluding hydrogens is 300 g/mol. The Balaban J connectivity index is 0.00000200. The van der Waals surface area contributed by atoms with Gasteiger partial charge < -0.3 is 11.1 Å². The minimum atomic E-state index is -2.97. The molecule has 0 aliphatic heterocycles. The molecule has 0 spiro atoms. The lowest BCUT2D eigenvalue weighted by Crippen LogP contribution is -2.36. The maximum atomic E-state index is 11.9. The number of carbonyl (C=O) groups excluding carboxylic acids is 1. The van der Waals surface area contributed by atoms with Crippen LogP contribution in [0, 0.1) is 11.3 Å². The third-order valence-corrected chi connectivity index (χ3v) is 5.49. The van der Waals surface area contributed by atoms with Crippen molar-refractivity contribution < 1.29 is 13.2 Å². The monoisotopic (exact) mass is 324 g/mol. The quantitative estimate of drug-likeness (QED) is 0.758. The largest absolute Gasteiger partial charge is 0.356 e. The summed E-state index contributed by atoms with van der Waals surface area (Å²) in [6.45, 7) is 0.487. The molecule has 2 aliphatic carbocycles. The molecule has 20 heavy (non-hydrogen) atoms. The average molecular weight is 325 g/mol. The summed E-state index contributed by atoms with van der Waals surface area (Å²) >= 11 is 0. The Bertz CT molecular complexity index is 449. The molecule has 2 atom stereocenters. The van der Waals surface area contributed by atoms with Crippen molar-refractivity contribution in [2.24, 2.45) is 17.1 Å². The molecule has 5 nitrogen and oxygen atoms in total. The van der Waals surface area contributed by atoms with Crippen LogP contribution in [0.4, 0.5) is 0 Å². The second kappa shape index (κ2) is 6.62. The average Bonchev–Trinajstić information content (AvgIpc) is 2.91. The van der Waals surface area contributed by atoms with Gasteiger partial charge >= 0.3 is 0 Å². The topological polar surface area (TPSA) is 89.3 Å². The molecule has 0 radical (unpaired) electrons. The predicted molar refractivity (Wildman–Crippen MR) is 81.6 cm³/mol. The zero-order valence-corrected chi connectivity index (χ0v) is 13.6. The molecule has 2 fully saturated rings. The van der Waals surface area contributed by atoms with Crippen LogP contribution in [-0.2, 0) is 14.6 Å². The molecule has 0 saturated heterocycles. The molecule has 2 rings (SSSR count). The smallest absolute Gasteiger partial charge is 0.220 e. The van der Waals surface area contributed by atoms with E-state index in [2.05, 4.69) is 5.32 Å². The fourth-order valence-electron chi connectivity index (χ4n) is 3.02. The number of sulfone groups is 1. The third kappa shape index (κ3) is 5.22. The molecule has 3 N–H and O–H groups in total. The first-order valence-electron chi connectivity index (χ1n) is 7.00. The number of nitrogens with two attached hydrogens (primary N) is 1. The second-order valence-electron chi connectivity index (χ2n) is 6.41. The van der Waals surface area contributed by atoms with Crippen molar-refractivity contribution in [3.63, 3.8) is 0 Å². The normalized spacial score (nSPS) is 27.7. The minimum Gasteiger partial charge on any atom is -0.356 e. The van der Waals surface area contributed by atoms with Gasteiger partial charge in [-0.05, 0) is 31.6 Å². The summed E-state index contributed by atoms with van der Waals surface area (Å²) in [7, 11) is -2.97. The number of amides is 1. The third-order valence-electron chi connectivity index (χ3n) is 4.35. The molecule has 0 unspecified atom stereocenters. The standard InChI is InChI=1S/C13H24N2O3S.ClH/c1-19(17,18)9-13(5-6-13)8-15-12(16)7-10-3-2-4-11(10)14;/h10-11H,2-9,14H2,1H3,(H,15,16);1H/t10-,11+;/m0./s1. The molecule has 1 amide bonds. The Hall–Kier alpha value is -0.330. The maximum Gasteiger partial charge on any atom is 0.220 e. The van der Waals surface area contributed by atoms with E-state index in [0.29, 0.717) is 18.9 Å². The highest BCUT2D eigenvalue weighted by atomic mass is 35.5. The first kappa shape index (κ1) is 17.7. The molecule has 118 valence electrons. The summed E-state index contributed by atoms with van der Waals surface area (Å²) in [6, 6.07) is 0.150. The van der Waals surface area contributed by atoms with Gasteiger partial charge in [-0.25, -0.2) is 8.42 Å². The number of rotatable bonds is 6. The molecule has 0 aromatic carbocycles. The fourth-order valence-corrected chi connectivity index (χ4v) is 4.52. The maximum absolute atomic E-state index is 11.9. The van der Waals surface area contributed by atoms with Gasteiger partial charge in [0.2, 0.25) is 5.91 Å².